The minimum Gasteiger partial charge on any atom is -0.475 e. The minimum atomic E-state index is -4.83. The van der Waals surface area contributed by atoms with Crippen molar-refractivity contribution in [1.82, 2.24) is 0 Å². The van der Waals surface area contributed by atoms with Gasteiger partial charge in [-0.2, -0.15) is 0 Å². The Kier molecular flexibility index (Phi) is 4.26. The summed E-state index contributed by atoms with van der Waals surface area (Å²) in [5.74, 6) is -0.991. The van der Waals surface area contributed by atoms with Crippen LogP contribution in [0.5, 0.6) is 5.75 Å². The zero-order chi connectivity index (χ0) is 15.6. The Morgan fingerprint density at radius 2 is 2.19 bits per heavy atom. The van der Waals surface area contributed by atoms with Crippen LogP contribution in [0.15, 0.2) is 23.2 Å². The lowest BCUT2D eigenvalue weighted by atomic mass is 10.2. The van der Waals surface area contributed by atoms with Crippen molar-refractivity contribution in [2.45, 2.75) is 12.4 Å². The van der Waals surface area contributed by atoms with E-state index in [1.165, 1.54) is 19.2 Å². The molecule has 0 radical (unpaired) electrons. The van der Waals surface area contributed by atoms with Crippen LogP contribution < -0.4 is 4.74 Å². The molecule has 0 spiro atoms. The Labute approximate surface area is 122 Å². The van der Waals surface area contributed by atoms with Crippen molar-refractivity contribution < 1.29 is 32.2 Å². The van der Waals surface area contributed by atoms with Gasteiger partial charge in [-0.3, -0.25) is 0 Å². The van der Waals surface area contributed by atoms with E-state index in [0.29, 0.717) is 5.56 Å². The number of carbonyl (C=O) groups is 1. The fraction of sp³-hybridized carbons (Fsp3) is 0.333. The van der Waals surface area contributed by atoms with Crippen LogP contribution in [0.3, 0.4) is 0 Å². The molecule has 0 saturated carbocycles. The van der Waals surface area contributed by atoms with E-state index < -0.39 is 24.1 Å². The quantitative estimate of drug-likeness (QED) is 0.802. The SMILES string of the molecule is COC(=O)[C@H]1COC(c2ccc(OC(F)(F)F)c(Cl)c2)=N1. The standard InChI is InChI=1S/C12H9ClF3NO4/c1-19-11(18)8-5-20-10(17-8)6-2-3-9(7(13)4-6)21-12(14,15)16/h2-4,8H,5H2,1H3/t8-/m1/s1. The molecule has 0 aromatic heterocycles. The molecule has 0 N–H and O–H groups in total. The number of carbonyl (C=O) groups excluding carboxylic acids is 1. The van der Waals surface area contributed by atoms with Gasteiger partial charge >= 0.3 is 12.3 Å². The van der Waals surface area contributed by atoms with Gasteiger partial charge in [-0.25, -0.2) is 9.79 Å². The largest absolute Gasteiger partial charge is 0.573 e. The minimum absolute atomic E-state index is 0.000425. The van der Waals surface area contributed by atoms with Crippen molar-refractivity contribution in [2.75, 3.05) is 13.7 Å². The average Bonchev–Trinajstić information content (AvgIpc) is 2.88. The predicted octanol–water partition coefficient (Wildman–Crippen LogP) is 2.56. The Hall–Kier alpha value is -1.96. The van der Waals surface area contributed by atoms with E-state index in [9.17, 15) is 18.0 Å². The fourth-order valence-electron chi connectivity index (χ4n) is 1.63. The van der Waals surface area contributed by atoms with E-state index in [4.69, 9.17) is 16.3 Å². The van der Waals surface area contributed by atoms with Crippen molar-refractivity contribution in [2.24, 2.45) is 4.99 Å². The van der Waals surface area contributed by atoms with Gasteiger partial charge in [-0.05, 0) is 18.2 Å². The third kappa shape index (κ3) is 3.78. The Morgan fingerprint density at radius 1 is 1.48 bits per heavy atom. The normalized spacial score (nSPS) is 18.0. The lowest BCUT2D eigenvalue weighted by molar-refractivity contribution is -0.274. The molecule has 1 atom stereocenters. The fourth-order valence-corrected chi connectivity index (χ4v) is 1.85. The number of methoxy groups -OCH3 is 1. The number of ether oxygens (including phenoxy) is 3. The van der Waals surface area contributed by atoms with E-state index in [0.717, 1.165) is 6.07 Å². The molecule has 1 aliphatic rings. The molecule has 0 fully saturated rings. The summed E-state index contributed by atoms with van der Waals surface area (Å²) in [7, 11) is 1.22. The highest BCUT2D eigenvalue weighted by Gasteiger charge is 2.32. The number of hydrogen-bond donors (Lipinski definition) is 0. The first-order valence-electron chi connectivity index (χ1n) is 5.64. The number of esters is 1. The molecule has 1 aromatic rings. The molecule has 5 nitrogen and oxygen atoms in total. The number of rotatable bonds is 3. The predicted molar refractivity (Wildman–Crippen MR) is 66.4 cm³/mol. The maximum Gasteiger partial charge on any atom is 0.573 e. The molecular weight excluding hydrogens is 315 g/mol. The molecule has 1 aromatic carbocycles. The number of halogens is 4. The van der Waals surface area contributed by atoms with Crippen LogP contribution in [0, 0.1) is 0 Å². The number of benzene rings is 1. The van der Waals surface area contributed by atoms with Gasteiger partial charge in [0.25, 0.3) is 0 Å². The van der Waals surface area contributed by atoms with E-state index in [-0.39, 0.29) is 17.5 Å². The maximum absolute atomic E-state index is 12.1. The zero-order valence-electron chi connectivity index (χ0n) is 10.6. The van der Waals surface area contributed by atoms with Crippen LogP contribution in [-0.2, 0) is 14.3 Å². The second-order valence-corrected chi connectivity index (χ2v) is 4.38. The number of alkyl halides is 3. The highest BCUT2D eigenvalue weighted by molar-refractivity contribution is 6.32. The van der Waals surface area contributed by atoms with Gasteiger partial charge in [0.05, 0.1) is 12.1 Å². The summed E-state index contributed by atoms with van der Waals surface area (Å²) < 4.78 is 49.8. The van der Waals surface area contributed by atoms with Gasteiger partial charge < -0.3 is 14.2 Å². The Morgan fingerprint density at radius 3 is 2.76 bits per heavy atom. The number of hydrogen-bond acceptors (Lipinski definition) is 5. The summed E-state index contributed by atoms with van der Waals surface area (Å²) in [6.07, 6.45) is -4.83. The van der Waals surface area contributed by atoms with Gasteiger partial charge in [-0.15, -0.1) is 13.2 Å². The van der Waals surface area contributed by atoms with Gasteiger partial charge in [-0.1, -0.05) is 11.6 Å². The molecule has 0 amide bonds. The van der Waals surface area contributed by atoms with Crippen molar-refractivity contribution in [3.8, 4) is 5.75 Å². The van der Waals surface area contributed by atoms with E-state index in [2.05, 4.69) is 14.5 Å². The average molecular weight is 324 g/mol. The molecule has 1 heterocycles. The topological polar surface area (TPSA) is 57.1 Å². The molecule has 114 valence electrons. The molecule has 1 aliphatic heterocycles. The molecule has 21 heavy (non-hydrogen) atoms. The lowest BCUT2D eigenvalue weighted by Crippen LogP contribution is -2.21. The van der Waals surface area contributed by atoms with Gasteiger partial charge in [0.15, 0.2) is 6.04 Å². The third-order valence-corrected chi connectivity index (χ3v) is 2.82. The smallest absolute Gasteiger partial charge is 0.475 e. The Bertz CT molecular complexity index is 588. The van der Waals surface area contributed by atoms with Crippen molar-refractivity contribution >= 4 is 23.5 Å². The van der Waals surface area contributed by atoms with Crippen LogP contribution in [0.25, 0.3) is 0 Å². The van der Waals surface area contributed by atoms with Crippen LogP contribution in [0.4, 0.5) is 13.2 Å². The van der Waals surface area contributed by atoms with Crippen molar-refractivity contribution in [1.29, 1.82) is 0 Å². The molecular formula is C12H9ClF3NO4. The van der Waals surface area contributed by atoms with Crippen LogP contribution in [0.2, 0.25) is 5.02 Å². The highest BCUT2D eigenvalue weighted by Crippen LogP contribution is 2.31. The van der Waals surface area contributed by atoms with Gasteiger partial charge in [0.2, 0.25) is 5.90 Å². The third-order valence-electron chi connectivity index (χ3n) is 2.53. The second kappa shape index (κ2) is 5.80. The first-order chi connectivity index (χ1) is 9.80. The number of aliphatic imine (C=N–C) groups is 1. The van der Waals surface area contributed by atoms with E-state index in [1.54, 1.807) is 0 Å². The zero-order valence-corrected chi connectivity index (χ0v) is 11.4. The maximum atomic E-state index is 12.1. The molecule has 0 aliphatic carbocycles. The van der Waals surface area contributed by atoms with Crippen molar-refractivity contribution in [3.63, 3.8) is 0 Å². The Balaban J connectivity index is 2.19. The van der Waals surface area contributed by atoms with Crippen LogP contribution in [0.1, 0.15) is 5.56 Å². The molecule has 0 unspecified atom stereocenters. The van der Waals surface area contributed by atoms with Gasteiger partial charge in [0.1, 0.15) is 12.4 Å². The summed E-state index contributed by atoms with van der Waals surface area (Å²) in [5.41, 5.74) is 0.334. The monoisotopic (exact) mass is 323 g/mol. The van der Waals surface area contributed by atoms with Gasteiger partial charge in [0, 0.05) is 5.56 Å². The van der Waals surface area contributed by atoms with E-state index >= 15 is 0 Å². The summed E-state index contributed by atoms with van der Waals surface area (Å²) >= 11 is 5.71. The second-order valence-electron chi connectivity index (χ2n) is 3.98. The molecule has 9 heteroatoms. The molecule has 0 saturated heterocycles. The lowest BCUT2D eigenvalue weighted by Gasteiger charge is -2.11. The summed E-state index contributed by atoms with van der Waals surface area (Å²) in [4.78, 5) is 15.3. The summed E-state index contributed by atoms with van der Waals surface area (Å²) in [6.45, 7) is 0.000425. The summed E-state index contributed by atoms with van der Waals surface area (Å²) in [6, 6.07) is 2.75. The number of nitrogens with zero attached hydrogens (tertiary/aromatic N) is 1. The molecule has 2 rings (SSSR count). The first-order valence-corrected chi connectivity index (χ1v) is 6.02. The highest BCUT2D eigenvalue weighted by atomic mass is 35.5. The van der Waals surface area contributed by atoms with Crippen LogP contribution >= 0.6 is 11.6 Å². The van der Waals surface area contributed by atoms with E-state index in [1.807, 2.05) is 0 Å². The molecule has 0 bridgehead atoms. The van der Waals surface area contributed by atoms with Crippen molar-refractivity contribution in [3.05, 3.63) is 28.8 Å². The van der Waals surface area contributed by atoms with Crippen LogP contribution in [-0.4, -0.2) is 38.0 Å². The summed E-state index contributed by atoms with van der Waals surface area (Å²) in [5, 5.41) is -0.252. The first kappa shape index (κ1) is 15.4.